The third-order valence-electron chi connectivity index (χ3n) is 2.77. The van der Waals surface area contributed by atoms with Gasteiger partial charge in [0.1, 0.15) is 21.7 Å². The third-order valence-corrected chi connectivity index (χ3v) is 4.71. The van der Waals surface area contributed by atoms with Gasteiger partial charge >= 0.3 is 0 Å². The molecule has 1 aromatic heterocycles. The minimum absolute atomic E-state index is 0.0597. The Labute approximate surface area is 123 Å². The molecule has 3 N–H and O–H groups in total. The number of aromatic nitrogens is 2. The number of nitrogens with two attached hydrogens (primary N) is 1. The highest BCUT2D eigenvalue weighted by atomic mass is 32.2. The van der Waals surface area contributed by atoms with Crippen LogP contribution in [0.4, 0.5) is 15.8 Å². The standard InChI is InChI=1S/C12H9FN4O2S2/c13-8-5-4-7(14)6-10(8)17-21(18,19)11-3-1-2-9-12(11)16-20-15-9/h1-6,17H,14H2. The van der Waals surface area contributed by atoms with E-state index in [0.717, 1.165) is 17.8 Å². The van der Waals surface area contributed by atoms with Crippen LogP contribution in [-0.2, 0) is 10.0 Å². The van der Waals surface area contributed by atoms with Crippen LogP contribution in [0.1, 0.15) is 0 Å². The van der Waals surface area contributed by atoms with E-state index in [2.05, 4.69) is 13.5 Å². The van der Waals surface area contributed by atoms with Crippen molar-refractivity contribution in [3.05, 3.63) is 42.2 Å². The molecular weight excluding hydrogens is 315 g/mol. The number of sulfonamides is 1. The topological polar surface area (TPSA) is 98.0 Å². The van der Waals surface area contributed by atoms with Crippen molar-refractivity contribution in [3.63, 3.8) is 0 Å². The Morgan fingerprint density at radius 3 is 2.81 bits per heavy atom. The number of rotatable bonds is 3. The monoisotopic (exact) mass is 324 g/mol. The molecule has 0 amide bonds. The molecule has 0 aliphatic rings. The predicted molar refractivity (Wildman–Crippen MR) is 79.0 cm³/mol. The molecule has 3 rings (SSSR count). The van der Waals surface area contributed by atoms with Crippen LogP contribution in [0.5, 0.6) is 0 Å². The molecule has 0 atom stereocenters. The van der Waals surface area contributed by atoms with E-state index in [4.69, 9.17) is 5.73 Å². The molecule has 0 spiro atoms. The first-order chi connectivity index (χ1) is 9.97. The van der Waals surface area contributed by atoms with E-state index in [0.29, 0.717) is 5.52 Å². The van der Waals surface area contributed by atoms with Crippen molar-refractivity contribution in [1.82, 2.24) is 8.75 Å². The summed E-state index contributed by atoms with van der Waals surface area (Å²) in [6.07, 6.45) is 0. The Kier molecular flexibility index (Phi) is 3.22. The van der Waals surface area contributed by atoms with E-state index >= 15 is 0 Å². The smallest absolute Gasteiger partial charge is 0.264 e. The maximum atomic E-state index is 13.7. The van der Waals surface area contributed by atoms with Crippen LogP contribution in [-0.4, -0.2) is 17.2 Å². The van der Waals surface area contributed by atoms with Gasteiger partial charge in [-0.05, 0) is 30.3 Å². The molecule has 2 aromatic carbocycles. The summed E-state index contributed by atoms with van der Waals surface area (Å²) in [5, 5.41) is 0. The van der Waals surface area contributed by atoms with E-state index in [9.17, 15) is 12.8 Å². The van der Waals surface area contributed by atoms with Gasteiger partial charge in [0.25, 0.3) is 10.0 Å². The summed E-state index contributed by atoms with van der Waals surface area (Å²) in [6, 6.07) is 8.24. The fraction of sp³-hybridized carbons (Fsp3) is 0. The van der Waals surface area contributed by atoms with Crippen LogP contribution >= 0.6 is 11.7 Å². The van der Waals surface area contributed by atoms with Crippen molar-refractivity contribution in [1.29, 1.82) is 0 Å². The van der Waals surface area contributed by atoms with Crippen molar-refractivity contribution in [2.24, 2.45) is 0 Å². The first kappa shape index (κ1) is 13.7. The summed E-state index contributed by atoms with van der Waals surface area (Å²) in [7, 11) is -3.99. The molecule has 0 fully saturated rings. The first-order valence-corrected chi connectivity index (χ1v) is 7.98. The Morgan fingerprint density at radius 2 is 2.00 bits per heavy atom. The van der Waals surface area contributed by atoms with Gasteiger partial charge in [0.2, 0.25) is 0 Å². The summed E-state index contributed by atoms with van der Waals surface area (Å²) < 4.78 is 48.6. The average molecular weight is 324 g/mol. The molecule has 0 radical (unpaired) electrons. The second-order valence-corrected chi connectivity index (χ2v) is 6.41. The van der Waals surface area contributed by atoms with Crippen LogP contribution < -0.4 is 10.5 Å². The molecule has 0 aliphatic heterocycles. The van der Waals surface area contributed by atoms with E-state index in [1.165, 1.54) is 18.2 Å². The van der Waals surface area contributed by atoms with Crippen molar-refractivity contribution in [2.45, 2.75) is 4.90 Å². The number of benzene rings is 2. The zero-order valence-electron chi connectivity index (χ0n) is 10.4. The van der Waals surface area contributed by atoms with Gasteiger partial charge in [-0.15, -0.1) is 0 Å². The molecule has 6 nitrogen and oxygen atoms in total. The number of hydrogen-bond acceptors (Lipinski definition) is 6. The zero-order chi connectivity index (χ0) is 15.0. The number of anilines is 2. The van der Waals surface area contributed by atoms with Gasteiger partial charge in [0.15, 0.2) is 0 Å². The second kappa shape index (κ2) is 4.93. The highest BCUT2D eigenvalue weighted by molar-refractivity contribution is 7.93. The number of nitrogens with one attached hydrogen (secondary N) is 1. The predicted octanol–water partition coefficient (Wildman–Crippen LogP) is 2.21. The van der Waals surface area contributed by atoms with Gasteiger partial charge in [-0.25, -0.2) is 12.8 Å². The number of nitrogen functional groups attached to an aromatic ring is 1. The van der Waals surface area contributed by atoms with Gasteiger partial charge in [0, 0.05) is 5.69 Å². The maximum Gasteiger partial charge on any atom is 0.264 e. The lowest BCUT2D eigenvalue weighted by Crippen LogP contribution is -2.14. The lowest BCUT2D eigenvalue weighted by atomic mass is 10.3. The number of hydrogen-bond donors (Lipinski definition) is 2. The van der Waals surface area contributed by atoms with Crippen molar-refractivity contribution < 1.29 is 12.8 Å². The number of fused-ring (bicyclic) bond motifs is 1. The van der Waals surface area contributed by atoms with E-state index in [-0.39, 0.29) is 21.8 Å². The molecule has 0 aliphatic carbocycles. The zero-order valence-corrected chi connectivity index (χ0v) is 12.1. The number of halogens is 1. The lowest BCUT2D eigenvalue weighted by molar-refractivity contribution is 0.599. The van der Waals surface area contributed by atoms with Gasteiger partial charge in [-0.1, -0.05) is 6.07 Å². The van der Waals surface area contributed by atoms with E-state index < -0.39 is 15.8 Å². The van der Waals surface area contributed by atoms with Crippen LogP contribution in [0.3, 0.4) is 0 Å². The van der Waals surface area contributed by atoms with Gasteiger partial charge < -0.3 is 5.73 Å². The normalized spacial score (nSPS) is 11.7. The molecule has 1 heterocycles. The molecule has 21 heavy (non-hydrogen) atoms. The summed E-state index contributed by atoms with van der Waals surface area (Å²) in [5.41, 5.74) is 6.29. The lowest BCUT2D eigenvalue weighted by Gasteiger charge is -2.09. The molecule has 0 saturated carbocycles. The van der Waals surface area contributed by atoms with Crippen LogP contribution in [0, 0.1) is 5.82 Å². The molecule has 3 aromatic rings. The van der Waals surface area contributed by atoms with Crippen molar-refractivity contribution >= 4 is 44.2 Å². The Bertz CT molecular complexity index is 924. The maximum absolute atomic E-state index is 13.7. The highest BCUT2D eigenvalue weighted by Gasteiger charge is 2.21. The fourth-order valence-electron chi connectivity index (χ4n) is 1.82. The van der Waals surface area contributed by atoms with Crippen molar-refractivity contribution in [3.8, 4) is 0 Å². The Morgan fingerprint density at radius 1 is 1.19 bits per heavy atom. The largest absolute Gasteiger partial charge is 0.399 e. The quantitative estimate of drug-likeness (QED) is 0.720. The van der Waals surface area contributed by atoms with Crippen LogP contribution in [0.15, 0.2) is 41.3 Å². The number of nitrogens with zero attached hydrogens (tertiary/aromatic N) is 2. The summed E-state index contributed by atoms with van der Waals surface area (Å²) >= 11 is 0.909. The van der Waals surface area contributed by atoms with E-state index in [1.54, 1.807) is 12.1 Å². The third kappa shape index (κ3) is 2.52. The molecule has 0 saturated heterocycles. The molecular formula is C12H9FN4O2S2. The Balaban J connectivity index is 2.09. The molecule has 0 bridgehead atoms. The summed E-state index contributed by atoms with van der Waals surface area (Å²) in [5.74, 6) is -0.712. The second-order valence-electron chi connectivity index (χ2n) is 4.23. The molecule has 9 heteroatoms. The molecule has 108 valence electrons. The highest BCUT2D eigenvalue weighted by Crippen LogP contribution is 2.25. The summed E-state index contributed by atoms with van der Waals surface area (Å²) in [4.78, 5) is -0.0597. The van der Waals surface area contributed by atoms with Crippen LogP contribution in [0.2, 0.25) is 0 Å². The van der Waals surface area contributed by atoms with E-state index in [1.807, 2.05) is 0 Å². The summed E-state index contributed by atoms with van der Waals surface area (Å²) in [6.45, 7) is 0. The Hall–Kier alpha value is -2.26. The fourth-order valence-corrected chi connectivity index (χ4v) is 3.64. The minimum Gasteiger partial charge on any atom is -0.399 e. The SMILES string of the molecule is Nc1ccc(F)c(NS(=O)(=O)c2cccc3nsnc23)c1. The first-order valence-electron chi connectivity index (χ1n) is 5.76. The van der Waals surface area contributed by atoms with Gasteiger partial charge in [-0.2, -0.15) is 8.75 Å². The minimum atomic E-state index is -3.99. The van der Waals surface area contributed by atoms with Crippen molar-refractivity contribution in [2.75, 3.05) is 10.5 Å². The molecule has 0 unspecified atom stereocenters. The van der Waals surface area contributed by atoms with Gasteiger partial charge in [0.05, 0.1) is 17.4 Å². The van der Waals surface area contributed by atoms with Crippen LogP contribution in [0.25, 0.3) is 11.0 Å². The average Bonchev–Trinajstić information content (AvgIpc) is 2.90. The van der Waals surface area contributed by atoms with Gasteiger partial charge in [-0.3, -0.25) is 4.72 Å².